The van der Waals surface area contributed by atoms with Crippen LogP contribution in [0.15, 0.2) is 78.9 Å². The van der Waals surface area contributed by atoms with Crippen LogP contribution in [0.2, 0.25) is 0 Å². The molecule has 1 aliphatic rings. The Kier molecular flexibility index (Phi) is 4.13. The average molecular weight is 344 g/mol. The van der Waals surface area contributed by atoms with Crippen molar-refractivity contribution in [2.75, 3.05) is 14.2 Å². The van der Waals surface area contributed by atoms with Crippen molar-refractivity contribution in [2.45, 2.75) is 5.60 Å². The minimum Gasteiger partial charge on any atom is -0.493 e. The van der Waals surface area contributed by atoms with Gasteiger partial charge in [0, 0.05) is 22.8 Å². The van der Waals surface area contributed by atoms with Crippen molar-refractivity contribution in [2.24, 2.45) is 0 Å². The van der Waals surface area contributed by atoms with Crippen LogP contribution < -0.4 is 14.2 Å². The second-order valence-corrected chi connectivity index (χ2v) is 6.15. The lowest BCUT2D eigenvalue weighted by Gasteiger charge is -2.36. The number of rotatable bonds is 4. The van der Waals surface area contributed by atoms with Gasteiger partial charge in [-0.05, 0) is 12.1 Å². The summed E-state index contributed by atoms with van der Waals surface area (Å²) in [6.45, 7) is 0. The molecule has 3 aromatic carbocycles. The highest BCUT2D eigenvalue weighted by Gasteiger charge is 2.37. The number of hydrogen-bond donors (Lipinski definition) is 0. The van der Waals surface area contributed by atoms with E-state index in [0.29, 0.717) is 11.5 Å². The maximum absolute atomic E-state index is 6.61. The van der Waals surface area contributed by atoms with Crippen LogP contribution in [0.3, 0.4) is 0 Å². The Morgan fingerprint density at radius 1 is 0.731 bits per heavy atom. The SMILES string of the molecule is COc1cc2c(cc1OC)OC(c1ccccc1)(c1ccccc1)C=C2. The molecule has 0 saturated heterocycles. The third-order valence-electron chi connectivity index (χ3n) is 4.69. The van der Waals surface area contributed by atoms with Crippen LogP contribution >= 0.6 is 0 Å². The second kappa shape index (κ2) is 6.60. The number of fused-ring (bicyclic) bond motifs is 1. The molecular formula is C23H20O3. The van der Waals surface area contributed by atoms with E-state index in [1.807, 2.05) is 48.5 Å². The van der Waals surface area contributed by atoms with Crippen LogP contribution in [0.4, 0.5) is 0 Å². The zero-order valence-electron chi connectivity index (χ0n) is 14.8. The van der Waals surface area contributed by atoms with Crippen molar-refractivity contribution in [1.29, 1.82) is 0 Å². The summed E-state index contributed by atoms with van der Waals surface area (Å²) in [7, 11) is 3.26. The van der Waals surface area contributed by atoms with E-state index in [0.717, 1.165) is 22.4 Å². The Hall–Kier alpha value is -3.20. The third-order valence-corrected chi connectivity index (χ3v) is 4.69. The molecule has 26 heavy (non-hydrogen) atoms. The van der Waals surface area contributed by atoms with Crippen molar-refractivity contribution in [3.05, 3.63) is 95.6 Å². The van der Waals surface area contributed by atoms with Gasteiger partial charge in [0.2, 0.25) is 0 Å². The van der Waals surface area contributed by atoms with Gasteiger partial charge < -0.3 is 14.2 Å². The van der Waals surface area contributed by atoms with Crippen molar-refractivity contribution in [3.63, 3.8) is 0 Å². The highest BCUT2D eigenvalue weighted by atomic mass is 16.5. The van der Waals surface area contributed by atoms with E-state index >= 15 is 0 Å². The number of benzene rings is 3. The van der Waals surface area contributed by atoms with Crippen LogP contribution in [0.5, 0.6) is 17.2 Å². The summed E-state index contributed by atoms with van der Waals surface area (Å²) in [6.07, 6.45) is 4.19. The van der Waals surface area contributed by atoms with Crippen LogP contribution in [-0.4, -0.2) is 14.2 Å². The van der Waals surface area contributed by atoms with Gasteiger partial charge in [-0.2, -0.15) is 0 Å². The molecule has 0 N–H and O–H groups in total. The van der Waals surface area contributed by atoms with Gasteiger partial charge in [0.1, 0.15) is 5.75 Å². The first-order valence-electron chi connectivity index (χ1n) is 8.52. The summed E-state index contributed by atoms with van der Waals surface area (Å²) in [5, 5.41) is 0. The molecule has 130 valence electrons. The first kappa shape index (κ1) is 16.3. The molecule has 0 amide bonds. The second-order valence-electron chi connectivity index (χ2n) is 6.15. The molecule has 0 unspecified atom stereocenters. The first-order valence-corrected chi connectivity index (χ1v) is 8.52. The molecule has 0 atom stereocenters. The fourth-order valence-electron chi connectivity index (χ4n) is 3.36. The fraction of sp³-hybridized carbons (Fsp3) is 0.130. The van der Waals surface area contributed by atoms with E-state index in [9.17, 15) is 0 Å². The highest BCUT2D eigenvalue weighted by molar-refractivity contribution is 5.68. The van der Waals surface area contributed by atoms with Crippen LogP contribution in [0, 0.1) is 0 Å². The Balaban J connectivity index is 1.90. The smallest absolute Gasteiger partial charge is 0.178 e. The molecule has 0 aliphatic carbocycles. The fourth-order valence-corrected chi connectivity index (χ4v) is 3.36. The standard InChI is InChI=1S/C23H20O3/c1-24-21-15-17-13-14-23(18-9-5-3-6-10-18,19-11-7-4-8-12-19)26-20(17)16-22(21)25-2/h3-16H,1-2H3. The van der Waals surface area contributed by atoms with Gasteiger partial charge in [-0.1, -0.05) is 66.7 Å². The predicted molar refractivity (Wildman–Crippen MR) is 103 cm³/mol. The average Bonchev–Trinajstić information content (AvgIpc) is 2.73. The van der Waals surface area contributed by atoms with Gasteiger partial charge in [-0.15, -0.1) is 0 Å². The number of hydrogen-bond acceptors (Lipinski definition) is 3. The van der Waals surface area contributed by atoms with E-state index in [2.05, 4.69) is 36.4 Å². The van der Waals surface area contributed by atoms with E-state index in [1.54, 1.807) is 14.2 Å². The molecular weight excluding hydrogens is 324 g/mol. The minimum atomic E-state index is -0.685. The molecule has 0 fully saturated rings. The van der Waals surface area contributed by atoms with Gasteiger partial charge in [-0.3, -0.25) is 0 Å². The third kappa shape index (κ3) is 2.62. The lowest BCUT2D eigenvalue weighted by Crippen LogP contribution is -2.34. The molecule has 0 spiro atoms. The summed E-state index contributed by atoms with van der Waals surface area (Å²) in [4.78, 5) is 0. The van der Waals surface area contributed by atoms with Gasteiger partial charge in [-0.25, -0.2) is 0 Å². The summed E-state index contributed by atoms with van der Waals surface area (Å²) >= 11 is 0. The summed E-state index contributed by atoms with van der Waals surface area (Å²) < 4.78 is 17.5. The Morgan fingerprint density at radius 2 is 1.27 bits per heavy atom. The Bertz CT molecular complexity index is 891. The zero-order chi connectivity index (χ0) is 18.0. The number of methoxy groups -OCH3 is 2. The van der Waals surface area contributed by atoms with E-state index < -0.39 is 5.60 Å². The minimum absolute atomic E-state index is 0.650. The maximum atomic E-state index is 6.61. The van der Waals surface area contributed by atoms with Crippen molar-refractivity contribution in [3.8, 4) is 17.2 Å². The molecule has 1 heterocycles. The molecule has 3 nitrogen and oxygen atoms in total. The lowest BCUT2D eigenvalue weighted by molar-refractivity contribution is 0.160. The largest absolute Gasteiger partial charge is 0.493 e. The molecule has 0 radical (unpaired) electrons. The maximum Gasteiger partial charge on any atom is 0.178 e. The van der Waals surface area contributed by atoms with Crippen molar-refractivity contribution < 1.29 is 14.2 Å². The monoisotopic (exact) mass is 344 g/mol. The first-order chi connectivity index (χ1) is 12.8. The Labute approximate surface area is 153 Å². The number of ether oxygens (including phenoxy) is 3. The highest BCUT2D eigenvalue weighted by Crippen LogP contribution is 2.45. The molecule has 0 aromatic heterocycles. The molecule has 3 aromatic rings. The molecule has 0 bridgehead atoms. The normalized spacial score (nSPS) is 14.2. The van der Waals surface area contributed by atoms with Gasteiger partial charge in [0.15, 0.2) is 17.1 Å². The summed E-state index contributed by atoms with van der Waals surface area (Å²) in [6, 6.07) is 24.3. The van der Waals surface area contributed by atoms with E-state index in [1.165, 1.54) is 0 Å². The van der Waals surface area contributed by atoms with Gasteiger partial charge >= 0.3 is 0 Å². The van der Waals surface area contributed by atoms with Crippen LogP contribution in [0.1, 0.15) is 16.7 Å². The van der Waals surface area contributed by atoms with E-state index in [-0.39, 0.29) is 0 Å². The quantitative estimate of drug-likeness (QED) is 0.662. The topological polar surface area (TPSA) is 27.7 Å². The van der Waals surface area contributed by atoms with E-state index in [4.69, 9.17) is 14.2 Å². The van der Waals surface area contributed by atoms with Crippen molar-refractivity contribution >= 4 is 6.08 Å². The Morgan fingerprint density at radius 3 is 1.81 bits per heavy atom. The predicted octanol–water partition coefficient (Wildman–Crippen LogP) is 5.05. The summed E-state index contributed by atoms with van der Waals surface area (Å²) in [5.74, 6) is 2.10. The summed E-state index contributed by atoms with van der Waals surface area (Å²) in [5.41, 5.74) is 2.42. The van der Waals surface area contributed by atoms with Crippen molar-refractivity contribution in [1.82, 2.24) is 0 Å². The van der Waals surface area contributed by atoms with Gasteiger partial charge in [0.05, 0.1) is 14.2 Å². The lowest BCUT2D eigenvalue weighted by atomic mass is 9.83. The van der Waals surface area contributed by atoms with Crippen LogP contribution in [0.25, 0.3) is 6.08 Å². The molecule has 1 aliphatic heterocycles. The van der Waals surface area contributed by atoms with Crippen LogP contribution in [-0.2, 0) is 5.60 Å². The molecule has 3 heteroatoms. The van der Waals surface area contributed by atoms with Gasteiger partial charge in [0.25, 0.3) is 0 Å². The molecule has 4 rings (SSSR count). The molecule has 0 saturated carbocycles. The zero-order valence-corrected chi connectivity index (χ0v) is 14.8.